The van der Waals surface area contributed by atoms with Crippen LogP contribution in [0.5, 0.6) is 5.75 Å². The minimum absolute atomic E-state index is 0.125. The highest BCUT2D eigenvalue weighted by molar-refractivity contribution is 6.37. The van der Waals surface area contributed by atoms with Gasteiger partial charge in [-0.05, 0) is 49.2 Å². The Morgan fingerprint density at radius 3 is 2.52 bits per heavy atom. The molecule has 148 valence electrons. The van der Waals surface area contributed by atoms with E-state index in [1.165, 1.54) is 6.20 Å². The van der Waals surface area contributed by atoms with Crippen molar-refractivity contribution in [2.45, 2.75) is 18.9 Å². The minimum Gasteiger partial charge on any atom is -0.495 e. The third-order valence-electron chi connectivity index (χ3n) is 4.75. The number of hydrogen-bond acceptors (Lipinski definition) is 3. The fourth-order valence-electron chi connectivity index (χ4n) is 3.23. The molecule has 1 aliphatic rings. The van der Waals surface area contributed by atoms with Crippen molar-refractivity contribution in [3.63, 3.8) is 0 Å². The number of methoxy groups -OCH3 is 1. The van der Waals surface area contributed by atoms with Crippen molar-refractivity contribution in [3.05, 3.63) is 75.4 Å². The number of carbonyl (C=O) groups excluding carboxylic acids is 1. The summed E-state index contributed by atoms with van der Waals surface area (Å²) in [5, 5.41) is 1.25. The van der Waals surface area contributed by atoms with Crippen LogP contribution >= 0.6 is 34.8 Å². The maximum absolute atomic E-state index is 13.5. The van der Waals surface area contributed by atoms with Gasteiger partial charge in [0.15, 0.2) is 0 Å². The molecule has 0 bridgehead atoms. The SMILES string of the molecule is COc1ccccc1N(C(=O)c1ccc(Cl)c(-c2ncc(Cl)cc2Cl)c1)C1CC1. The second-order valence-electron chi connectivity index (χ2n) is 6.76. The van der Waals surface area contributed by atoms with Gasteiger partial charge in [0.05, 0.1) is 33.6 Å². The predicted octanol–water partition coefficient (Wildman–Crippen LogP) is 6.53. The van der Waals surface area contributed by atoms with Crippen LogP contribution in [-0.2, 0) is 0 Å². The zero-order valence-electron chi connectivity index (χ0n) is 15.5. The summed E-state index contributed by atoms with van der Waals surface area (Å²) in [6.45, 7) is 0. The highest BCUT2D eigenvalue weighted by atomic mass is 35.5. The molecule has 2 aromatic carbocycles. The molecule has 0 radical (unpaired) electrons. The normalized spacial score (nSPS) is 13.2. The van der Waals surface area contributed by atoms with E-state index in [0.29, 0.717) is 37.6 Å². The first-order chi connectivity index (χ1) is 14.0. The number of rotatable bonds is 5. The van der Waals surface area contributed by atoms with E-state index < -0.39 is 0 Å². The Balaban J connectivity index is 1.77. The fraction of sp³-hybridized carbons (Fsp3) is 0.182. The summed E-state index contributed by atoms with van der Waals surface area (Å²) < 4.78 is 5.47. The first kappa shape index (κ1) is 20.0. The van der Waals surface area contributed by atoms with Crippen molar-refractivity contribution in [3.8, 4) is 17.0 Å². The summed E-state index contributed by atoms with van der Waals surface area (Å²) >= 11 is 18.7. The molecule has 7 heteroatoms. The van der Waals surface area contributed by atoms with Crippen LogP contribution in [0.1, 0.15) is 23.2 Å². The number of ether oxygens (including phenoxy) is 1. The molecule has 1 fully saturated rings. The Morgan fingerprint density at radius 2 is 1.83 bits per heavy atom. The standard InChI is InChI=1S/C22H17Cl3N2O2/c1-29-20-5-3-2-4-19(20)27(15-7-8-15)22(28)13-6-9-17(24)16(10-13)21-18(25)11-14(23)12-26-21/h2-6,9-12,15H,7-8H2,1H3. The van der Waals surface area contributed by atoms with Gasteiger partial charge >= 0.3 is 0 Å². The number of carbonyl (C=O) groups is 1. The van der Waals surface area contributed by atoms with Crippen LogP contribution in [0, 0.1) is 0 Å². The summed E-state index contributed by atoms with van der Waals surface area (Å²) in [4.78, 5) is 19.6. The third kappa shape index (κ3) is 4.06. The van der Waals surface area contributed by atoms with Crippen LogP contribution in [0.4, 0.5) is 5.69 Å². The van der Waals surface area contributed by atoms with Crippen LogP contribution in [-0.4, -0.2) is 24.0 Å². The van der Waals surface area contributed by atoms with E-state index in [0.717, 1.165) is 18.5 Å². The number of amides is 1. The predicted molar refractivity (Wildman–Crippen MR) is 118 cm³/mol. The maximum Gasteiger partial charge on any atom is 0.258 e. The molecule has 0 aliphatic heterocycles. The van der Waals surface area contributed by atoms with Gasteiger partial charge in [0.1, 0.15) is 5.75 Å². The lowest BCUT2D eigenvalue weighted by molar-refractivity contribution is 0.0984. The van der Waals surface area contributed by atoms with Crippen molar-refractivity contribution in [1.29, 1.82) is 0 Å². The lowest BCUT2D eigenvalue weighted by atomic mass is 10.1. The summed E-state index contributed by atoms with van der Waals surface area (Å²) in [6.07, 6.45) is 3.41. The Bertz CT molecular complexity index is 1080. The zero-order chi connectivity index (χ0) is 20.5. The molecule has 1 aliphatic carbocycles. The molecule has 0 spiro atoms. The molecule has 4 rings (SSSR count). The van der Waals surface area contributed by atoms with Crippen molar-refractivity contribution in [2.24, 2.45) is 0 Å². The number of nitrogens with zero attached hydrogens (tertiary/aromatic N) is 2. The molecule has 0 unspecified atom stereocenters. The van der Waals surface area contributed by atoms with Crippen molar-refractivity contribution in [2.75, 3.05) is 12.0 Å². The molecular formula is C22H17Cl3N2O2. The summed E-state index contributed by atoms with van der Waals surface area (Å²) in [5.74, 6) is 0.532. The van der Waals surface area contributed by atoms with E-state index in [1.807, 2.05) is 24.3 Å². The van der Waals surface area contributed by atoms with Crippen molar-refractivity contribution >= 4 is 46.4 Å². The van der Waals surface area contributed by atoms with E-state index in [9.17, 15) is 4.79 Å². The number of aromatic nitrogens is 1. The average Bonchev–Trinajstić information content (AvgIpc) is 3.54. The fourth-order valence-corrected chi connectivity index (χ4v) is 3.91. The van der Waals surface area contributed by atoms with Crippen LogP contribution in [0.25, 0.3) is 11.3 Å². The largest absolute Gasteiger partial charge is 0.495 e. The molecule has 1 amide bonds. The molecular weight excluding hydrogens is 431 g/mol. The number of benzene rings is 2. The van der Waals surface area contributed by atoms with Gasteiger partial charge in [-0.1, -0.05) is 46.9 Å². The van der Waals surface area contributed by atoms with Crippen LogP contribution < -0.4 is 9.64 Å². The van der Waals surface area contributed by atoms with Gasteiger partial charge in [0.25, 0.3) is 5.91 Å². The quantitative estimate of drug-likeness (QED) is 0.447. The smallest absolute Gasteiger partial charge is 0.258 e. The topological polar surface area (TPSA) is 42.4 Å². The Morgan fingerprint density at radius 1 is 1.07 bits per heavy atom. The van der Waals surface area contributed by atoms with Crippen LogP contribution in [0.15, 0.2) is 54.7 Å². The number of anilines is 1. The molecule has 4 nitrogen and oxygen atoms in total. The molecule has 0 atom stereocenters. The summed E-state index contributed by atoms with van der Waals surface area (Å²) in [6, 6.07) is 14.4. The monoisotopic (exact) mass is 446 g/mol. The van der Waals surface area contributed by atoms with Gasteiger partial charge in [-0.2, -0.15) is 0 Å². The zero-order valence-corrected chi connectivity index (χ0v) is 17.8. The number of halogens is 3. The Labute approximate surface area is 184 Å². The maximum atomic E-state index is 13.5. The molecule has 3 aromatic rings. The minimum atomic E-state index is -0.125. The van der Waals surface area contributed by atoms with Gasteiger partial charge < -0.3 is 9.64 Å². The van der Waals surface area contributed by atoms with E-state index >= 15 is 0 Å². The molecule has 0 saturated heterocycles. The van der Waals surface area contributed by atoms with Gasteiger partial charge in [-0.25, -0.2) is 0 Å². The number of pyridine rings is 1. The lowest BCUT2D eigenvalue weighted by Crippen LogP contribution is -2.33. The third-order valence-corrected chi connectivity index (χ3v) is 5.58. The average molecular weight is 448 g/mol. The van der Waals surface area contributed by atoms with E-state index in [4.69, 9.17) is 39.5 Å². The second kappa shape index (κ2) is 8.23. The highest BCUT2D eigenvalue weighted by Gasteiger charge is 2.36. The van der Waals surface area contributed by atoms with Gasteiger partial charge in [-0.3, -0.25) is 9.78 Å². The van der Waals surface area contributed by atoms with Gasteiger partial charge in [0, 0.05) is 23.4 Å². The molecule has 29 heavy (non-hydrogen) atoms. The Hall–Kier alpha value is -2.27. The van der Waals surface area contributed by atoms with Crippen molar-refractivity contribution in [1.82, 2.24) is 4.98 Å². The Kier molecular flexibility index (Phi) is 5.68. The first-order valence-corrected chi connectivity index (χ1v) is 10.2. The van der Waals surface area contributed by atoms with Gasteiger partial charge in [0.2, 0.25) is 0 Å². The lowest BCUT2D eigenvalue weighted by Gasteiger charge is -2.25. The van der Waals surface area contributed by atoms with E-state index in [2.05, 4.69) is 4.98 Å². The summed E-state index contributed by atoms with van der Waals surface area (Å²) in [7, 11) is 1.60. The van der Waals surface area contributed by atoms with Crippen molar-refractivity contribution < 1.29 is 9.53 Å². The first-order valence-electron chi connectivity index (χ1n) is 9.07. The van der Waals surface area contributed by atoms with Crippen LogP contribution in [0.2, 0.25) is 15.1 Å². The van der Waals surface area contributed by atoms with Crippen LogP contribution in [0.3, 0.4) is 0 Å². The summed E-state index contributed by atoms with van der Waals surface area (Å²) in [5.41, 5.74) is 2.30. The molecule has 1 aromatic heterocycles. The molecule has 1 heterocycles. The number of hydrogen-bond donors (Lipinski definition) is 0. The second-order valence-corrected chi connectivity index (χ2v) is 8.01. The molecule has 0 N–H and O–H groups in total. The molecule has 1 saturated carbocycles. The van der Waals surface area contributed by atoms with Gasteiger partial charge in [-0.15, -0.1) is 0 Å². The van der Waals surface area contributed by atoms with E-state index in [-0.39, 0.29) is 11.9 Å². The number of para-hydroxylation sites is 2. The van der Waals surface area contributed by atoms with E-state index in [1.54, 1.807) is 36.3 Å². The highest BCUT2D eigenvalue weighted by Crippen LogP contribution is 2.39.